The molecule has 0 aromatic heterocycles. The van der Waals surface area contributed by atoms with Crippen LogP contribution in [0.5, 0.6) is 0 Å². The Morgan fingerprint density at radius 1 is 1.41 bits per heavy atom. The smallest absolute Gasteiger partial charge is 0.329 e. The van der Waals surface area contributed by atoms with Crippen LogP contribution in [0.1, 0.15) is 23.2 Å². The maximum Gasteiger partial charge on any atom is 0.329 e. The standard InChI is InChI=1S/C11H11BrN2O3/c12-6-2-1-3-7(8(6)9(13)15)14-11(4-5-11)10(16)17/h1-3,14H,4-5H2,(H2,13,15)(H,16,17). The van der Waals surface area contributed by atoms with E-state index in [9.17, 15) is 9.59 Å². The molecule has 1 aromatic rings. The minimum Gasteiger partial charge on any atom is -0.480 e. The van der Waals surface area contributed by atoms with E-state index in [4.69, 9.17) is 10.8 Å². The van der Waals surface area contributed by atoms with E-state index in [1.54, 1.807) is 18.2 Å². The van der Waals surface area contributed by atoms with Crippen LogP contribution in [-0.2, 0) is 4.79 Å². The second kappa shape index (κ2) is 4.03. The summed E-state index contributed by atoms with van der Waals surface area (Å²) in [7, 11) is 0. The highest BCUT2D eigenvalue weighted by atomic mass is 79.9. The maximum absolute atomic E-state index is 11.3. The van der Waals surface area contributed by atoms with E-state index < -0.39 is 17.4 Å². The first kappa shape index (κ1) is 11.9. The predicted molar refractivity (Wildman–Crippen MR) is 65.9 cm³/mol. The van der Waals surface area contributed by atoms with Gasteiger partial charge in [-0.15, -0.1) is 0 Å². The number of hydrogen-bond donors (Lipinski definition) is 3. The lowest BCUT2D eigenvalue weighted by atomic mass is 10.1. The number of benzene rings is 1. The molecule has 0 radical (unpaired) electrons. The van der Waals surface area contributed by atoms with Crippen molar-refractivity contribution < 1.29 is 14.7 Å². The Balaban J connectivity index is 2.37. The Hall–Kier alpha value is -1.56. The van der Waals surface area contributed by atoms with E-state index in [0.717, 1.165) is 0 Å². The fraction of sp³-hybridized carbons (Fsp3) is 0.273. The third-order valence-corrected chi connectivity index (χ3v) is 3.45. The van der Waals surface area contributed by atoms with Gasteiger partial charge < -0.3 is 16.2 Å². The molecule has 1 aromatic carbocycles. The van der Waals surface area contributed by atoms with Gasteiger partial charge in [0.1, 0.15) is 5.54 Å². The molecule has 0 atom stereocenters. The number of carboxylic acid groups (broad SMARTS) is 1. The summed E-state index contributed by atoms with van der Waals surface area (Å²) in [6.45, 7) is 0. The Kier molecular flexibility index (Phi) is 2.82. The highest BCUT2D eigenvalue weighted by molar-refractivity contribution is 9.10. The van der Waals surface area contributed by atoms with Gasteiger partial charge in [0.15, 0.2) is 0 Å². The highest BCUT2D eigenvalue weighted by Gasteiger charge is 2.50. The summed E-state index contributed by atoms with van der Waals surface area (Å²) < 4.78 is 0.552. The molecular weight excluding hydrogens is 288 g/mol. The number of carbonyl (C=O) groups is 2. The van der Waals surface area contributed by atoms with E-state index in [1.807, 2.05) is 0 Å². The van der Waals surface area contributed by atoms with Gasteiger partial charge in [-0.3, -0.25) is 4.79 Å². The third kappa shape index (κ3) is 2.12. The largest absolute Gasteiger partial charge is 0.480 e. The number of amides is 1. The number of carbonyl (C=O) groups excluding carboxylic acids is 1. The van der Waals surface area contributed by atoms with Crippen molar-refractivity contribution in [1.29, 1.82) is 0 Å². The number of nitrogens with two attached hydrogens (primary N) is 1. The molecule has 0 unspecified atom stereocenters. The molecule has 0 spiro atoms. The van der Waals surface area contributed by atoms with Crippen molar-refractivity contribution >= 4 is 33.5 Å². The lowest BCUT2D eigenvalue weighted by Gasteiger charge is -2.16. The van der Waals surface area contributed by atoms with Gasteiger partial charge in [-0.2, -0.15) is 0 Å². The van der Waals surface area contributed by atoms with Crippen molar-refractivity contribution in [2.24, 2.45) is 5.73 Å². The highest BCUT2D eigenvalue weighted by Crippen LogP contribution is 2.40. The fourth-order valence-corrected chi connectivity index (χ4v) is 2.22. The second-order valence-electron chi connectivity index (χ2n) is 4.04. The summed E-state index contributed by atoms with van der Waals surface area (Å²) in [6.07, 6.45) is 1.10. The van der Waals surface area contributed by atoms with E-state index >= 15 is 0 Å². The summed E-state index contributed by atoms with van der Waals surface area (Å²) >= 11 is 3.22. The topological polar surface area (TPSA) is 92.4 Å². The summed E-state index contributed by atoms with van der Waals surface area (Å²) in [6, 6.07) is 5.05. The van der Waals surface area contributed by atoms with Gasteiger partial charge in [-0.1, -0.05) is 6.07 Å². The molecule has 2 rings (SSSR count). The van der Waals surface area contributed by atoms with E-state index in [1.165, 1.54) is 0 Å². The molecule has 5 nitrogen and oxygen atoms in total. The number of rotatable bonds is 4. The first-order valence-corrected chi connectivity index (χ1v) is 5.85. The molecule has 0 saturated heterocycles. The number of primary amides is 1. The van der Waals surface area contributed by atoms with Crippen LogP contribution in [0.2, 0.25) is 0 Å². The Bertz CT molecular complexity index is 497. The van der Waals surface area contributed by atoms with Crippen LogP contribution in [0.15, 0.2) is 22.7 Å². The van der Waals surface area contributed by atoms with Gasteiger partial charge >= 0.3 is 5.97 Å². The molecule has 1 amide bonds. The van der Waals surface area contributed by atoms with E-state index in [-0.39, 0.29) is 5.56 Å². The van der Waals surface area contributed by atoms with Gasteiger partial charge in [0.2, 0.25) is 0 Å². The monoisotopic (exact) mass is 298 g/mol. The lowest BCUT2D eigenvalue weighted by molar-refractivity contribution is -0.138. The molecule has 0 bridgehead atoms. The number of halogens is 1. The molecule has 1 fully saturated rings. The van der Waals surface area contributed by atoms with Crippen LogP contribution in [0.3, 0.4) is 0 Å². The zero-order chi connectivity index (χ0) is 12.6. The van der Waals surface area contributed by atoms with Crippen molar-refractivity contribution in [3.63, 3.8) is 0 Å². The first-order valence-electron chi connectivity index (χ1n) is 5.06. The summed E-state index contributed by atoms with van der Waals surface area (Å²) in [5.41, 5.74) is 5.06. The molecule has 1 aliphatic carbocycles. The SMILES string of the molecule is NC(=O)c1c(Br)cccc1NC1(C(=O)O)CC1. The van der Waals surface area contributed by atoms with Crippen LogP contribution in [-0.4, -0.2) is 22.5 Å². The Morgan fingerprint density at radius 2 is 2.06 bits per heavy atom. The van der Waals surface area contributed by atoms with Crippen molar-refractivity contribution in [3.8, 4) is 0 Å². The van der Waals surface area contributed by atoms with Crippen molar-refractivity contribution in [3.05, 3.63) is 28.2 Å². The van der Waals surface area contributed by atoms with Gasteiger partial charge in [-0.25, -0.2) is 4.79 Å². The minimum atomic E-state index is -0.939. The molecule has 1 aliphatic rings. The minimum absolute atomic E-state index is 0.278. The average molecular weight is 299 g/mol. The second-order valence-corrected chi connectivity index (χ2v) is 4.89. The maximum atomic E-state index is 11.3. The van der Waals surface area contributed by atoms with E-state index in [2.05, 4.69) is 21.2 Å². The summed E-state index contributed by atoms with van der Waals surface area (Å²) in [5, 5.41) is 12.0. The number of aliphatic carboxylic acids is 1. The molecule has 1 saturated carbocycles. The van der Waals surface area contributed by atoms with Crippen LogP contribution in [0, 0.1) is 0 Å². The van der Waals surface area contributed by atoms with Crippen LogP contribution < -0.4 is 11.1 Å². The van der Waals surface area contributed by atoms with Crippen LogP contribution >= 0.6 is 15.9 Å². The van der Waals surface area contributed by atoms with Gasteiger partial charge in [0.25, 0.3) is 5.91 Å². The molecule has 17 heavy (non-hydrogen) atoms. The predicted octanol–water partition coefficient (Wildman–Crippen LogP) is 1.58. The fourth-order valence-electron chi connectivity index (χ4n) is 1.65. The molecule has 0 aliphatic heterocycles. The van der Waals surface area contributed by atoms with Crippen LogP contribution in [0.25, 0.3) is 0 Å². The molecule has 0 heterocycles. The van der Waals surface area contributed by atoms with Gasteiger partial charge in [-0.05, 0) is 40.9 Å². The lowest BCUT2D eigenvalue weighted by Crippen LogP contribution is -2.32. The molecule has 6 heteroatoms. The molecular formula is C11H11BrN2O3. The Morgan fingerprint density at radius 3 is 2.53 bits per heavy atom. The summed E-state index contributed by atoms with van der Waals surface area (Å²) in [5.74, 6) is -1.51. The number of carboxylic acids is 1. The first-order chi connectivity index (χ1) is 7.96. The van der Waals surface area contributed by atoms with Crippen LogP contribution in [0.4, 0.5) is 5.69 Å². The van der Waals surface area contributed by atoms with Crippen molar-refractivity contribution in [2.75, 3.05) is 5.32 Å². The molecule has 4 N–H and O–H groups in total. The summed E-state index contributed by atoms with van der Waals surface area (Å²) in [4.78, 5) is 22.4. The molecule has 90 valence electrons. The number of hydrogen-bond acceptors (Lipinski definition) is 3. The number of nitrogens with one attached hydrogen (secondary N) is 1. The average Bonchev–Trinajstić information content (AvgIpc) is 2.98. The number of anilines is 1. The quantitative estimate of drug-likeness (QED) is 0.787. The van der Waals surface area contributed by atoms with E-state index in [0.29, 0.717) is 23.0 Å². The third-order valence-electron chi connectivity index (χ3n) is 2.79. The van der Waals surface area contributed by atoms with Gasteiger partial charge in [0.05, 0.1) is 5.56 Å². The zero-order valence-electron chi connectivity index (χ0n) is 8.87. The van der Waals surface area contributed by atoms with Gasteiger partial charge in [0, 0.05) is 10.2 Å². The Labute approximate surface area is 106 Å². The normalized spacial score (nSPS) is 16.3. The van der Waals surface area contributed by atoms with Crippen molar-refractivity contribution in [1.82, 2.24) is 0 Å². The zero-order valence-corrected chi connectivity index (χ0v) is 10.5. The van der Waals surface area contributed by atoms with Crippen molar-refractivity contribution in [2.45, 2.75) is 18.4 Å².